The van der Waals surface area contributed by atoms with Gasteiger partial charge in [0.15, 0.2) is 13.6 Å². The number of carboxylic acid groups (broad SMARTS) is 1. The van der Waals surface area contributed by atoms with E-state index in [1.165, 1.54) is 0 Å². The molecule has 1 aromatic carbocycles. The van der Waals surface area contributed by atoms with E-state index >= 15 is 0 Å². The lowest BCUT2D eigenvalue weighted by atomic mass is 9.88. The number of benzene rings is 1. The first-order valence-electron chi connectivity index (χ1n) is 12.9. The molecule has 0 radical (unpaired) electrons. The number of hydrazine groups is 1. The van der Waals surface area contributed by atoms with Crippen molar-refractivity contribution < 1.29 is 30.4 Å². The lowest BCUT2D eigenvalue weighted by molar-refractivity contribution is -0.145. The number of carbonyl (C=O) groups excluding carboxylic acids is 2. The second-order valence-corrected chi connectivity index (χ2v) is 9.78. The van der Waals surface area contributed by atoms with E-state index in [2.05, 4.69) is 0 Å². The highest BCUT2D eigenvalue weighted by atomic mass is 16.5. The normalized spacial score (nSPS) is 19.7. The SMILES string of the molecule is [2H]N(C(=O)CCC1=COC2CCOC2=C1)N(C(=O)c1cccc2c1CCCC2)[C@@H](CC(C)C)C(=O)O. The van der Waals surface area contributed by atoms with E-state index in [9.17, 15) is 19.5 Å². The van der Waals surface area contributed by atoms with Gasteiger partial charge in [0.05, 0.1) is 12.9 Å². The second-order valence-electron chi connectivity index (χ2n) is 9.78. The summed E-state index contributed by atoms with van der Waals surface area (Å²) in [6, 6.07) is 4.09. The summed E-state index contributed by atoms with van der Waals surface area (Å²) in [5.41, 5.74) is 3.52. The quantitative estimate of drug-likeness (QED) is 0.544. The number of allylic oxidation sites excluding steroid dienone is 2. The molecule has 2 atom stereocenters. The third-order valence-electron chi connectivity index (χ3n) is 6.63. The van der Waals surface area contributed by atoms with Gasteiger partial charge >= 0.3 is 5.97 Å². The van der Waals surface area contributed by atoms with Crippen molar-refractivity contribution in [3.63, 3.8) is 0 Å². The van der Waals surface area contributed by atoms with Crippen LogP contribution in [0.1, 0.15) is 73.9 Å². The van der Waals surface area contributed by atoms with Gasteiger partial charge in [0.2, 0.25) is 5.91 Å². The molecule has 2 aliphatic heterocycles. The summed E-state index contributed by atoms with van der Waals surface area (Å²) in [6.07, 6.45) is 7.98. The van der Waals surface area contributed by atoms with E-state index in [1.54, 1.807) is 18.4 Å². The molecule has 1 fully saturated rings. The van der Waals surface area contributed by atoms with Crippen LogP contribution in [0.25, 0.3) is 0 Å². The Labute approximate surface area is 207 Å². The van der Waals surface area contributed by atoms with E-state index in [-0.39, 0.29) is 31.3 Å². The molecular formula is C27H34N2O6. The minimum atomic E-state index is -1.34. The molecule has 1 aromatic rings. The number of carbonyl (C=O) groups is 3. The number of nitrogens with zero attached hydrogens (tertiary/aromatic N) is 1. The molecule has 2 amide bonds. The summed E-state index contributed by atoms with van der Waals surface area (Å²) in [4.78, 5) is 39.2. The maximum atomic E-state index is 13.8. The molecule has 3 aliphatic rings. The van der Waals surface area contributed by atoms with Crippen LogP contribution in [0.2, 0.25) is 1.41 Å². The molecule has 8 heteroatoms. The molecule has 8 nitrogen and oxygen atoms in total. The molecule has 188 valence electrons. The highest BCUT2D eigenvalue weighted by Crippen LogP contribution is 2.29. The van der Waals surface area contributed by atoms with E-state index in [4.69, 9.17) is 10.9 Å². The smallest absolute Gasteiger partial charge is 0.328 e. The first-order chi connectivity index (χ1) is 17.3. The molecule has 0 bridgehead atoms. The van der Waals surface area contributed by atoms with Crippen LogP contribution in [0.15, 0.2) is 41.9 Å². The third kappa shape index (κ3) is 5.86. The Morgan fingerprint density at radius 3 is 2.83 bits per heavy atom. The first kappa shape index (κ1) is 23.5. The molecule has 35 heavy (non-hydrogen) atoms. The zero-order valence-corrected chi connectivity index (χ0v) is 20.4. The number of fused-ring (bicyclic) bond motifs is 2. The highest BCUT2D eigenvalue weighted by Gasteiger charge is 2.34. The number of amides is 2. The first-order valence-corrected chi connectivity index (χ1v) is 12.4. The maximum absolute atomic E-state index is 13.8. The highest BCUT2D eigenvalue weighted by molar-refractivity contribution is 5.99. The van der Waals surface area contributed by atoms with Crippen LogP contribution in [-0.4, -0.2) is 46.7 Å². The van der Waals surface area contributed by atoms with Gasteiger partial charge in [-0.05, 0) is 73.3 Å². The van der Waals surface area contributed by atoms with E-state index < -0.39 is 23.8 Å². The molecule has 0 spiro atoms. The van der Waals surface area contributed by atoms with Crippen molar-refractivity contribution in [1.29, 1.82) is 0 Å². The van der Waals surface area contributed by atoms with Gasteiger partial charge in [-0.2, -0.15) is 0 Å². The van der Waals surface area contributed by atoms with E-state index in [1.807, 2.05) is 26.0 Å². The average molecular weight is 484 g/mol. The van der Waals surface area contributed by atoms with Crippen LogP contribution in [0.3, 0.4) is 0 Å². The lowest BCUT2D eigenvalue weighted by Gasteiger charge is -2.31. The van der Waals surface area contributed by atoms with Crippen molar-refractivity contribution in [2.75, 3.05) is 6.61 Å². The Bertz CT molecular complexity index is 1080. The van der Waals surface area contributed by atoms with E-state index in [0.717, 1.165) is 53.2 Å². The van der Waals surface area contributed by atoms with Gasteiger partial charge in [0.1, 0.15) is 5.76 Å². The standard InChI is InChI=1S/C27H34N2O6/c1-17(2)14-22(27(32)33)29(26(31)21-9-5-7-19-6-3-4-8-20(19)21)28-25(30)11-10-18-15-24-23(35-16-18)12-13-34-24/h5,7,9,15-17,22-23H,3-4,6,8,10-14H2,1-2H3,(H,28,30)(H,32,33)/t22-,23?/m0/s1/i/hD. The molecule has 0 saturated carbocycles. The Hall–Kier alpha value is -3.29. The fourth-order valence-electron chi connectivity index (χ4n) is 4.84. The van der Waals surface area contributed by atoms with E-state index in [0.29, 0.717) is 24.0 Å². The molecule has 1 saturated heterocycles. The Balaban J connectivity index is 1.57. The molecule has 1 unspecified atom stereocenters. The minimum Gasteiger partial charge on any atom is -0.494 e. The zero-order valence-electron chi connectivity index (χ0n) is 21.4. The number of ether oxygens (including phenoxy) is 2. The molecule has 2 N–H and O–H groups in total. The van der Waals surface area contributed by atoms with Crippen molar-refractivity contribution in [2.24, 2.45) is 5.92 Å². The van der Waals surface area contributed by atoms with Crippen LogP contribution in [0, 0.1) is 5.92 Å². The zero-order chi connectivity index (χ0) is 25.8. The van der Waals surface area contributed by atoms with Crippen LogP contribution < -0.4 is 5.42 Å². The average Bonchev–Trinajstić information content (AvgIpc) is 3.34. The summed E-state index contributed by atoms with van der Waals surface area (Å²) in [7, 11) is 0. The number of rotatable bonds is 8. The van der Waals surface area contributed by atoms with Gasteiger partial charge in [-0.1, -0.05) is 26.0 Å². The predicted molar refractivity (Wildman–Crippen MR) is 129 cm³/mol. The maximum Gasteiger partial charge on any atom is 0.328 e. The van der Waals surface area contributed by atoms with Gasteiger partial charge in [-0.25, -0.2) is 9.80 Å². The number of carboxylic acids is 1. The molecule has 4 rings (SSSR count). The lowest BCUT2D eigenvalue weighted by Crippen LogP contribution is -2.55. The monoisotopic (exact) mass is 483 g/mol. The van der Waals surface area contributed by atoms with Crippen molar-refractivity contribution in [3.8, 4) is 0 Å². The summed E-state index contributed by atoms with van der Waals surface area (Å²) in [5, 5.41) is 10.8. The van der Waals surface area contributed by atoms with Crippen molar-refractivity contribution >= 4 is 17.8 Å². The van der Waals surface area contributed by atoms with Gasteiger partial charge in [-0.3, -0.25) is 15.0 Å². The van der Waals surface area contributed by atoms with Crippen LogP contribution in [0.5, 0.6) is 0 Å². The van der Waals surface area contributed by atoms with Crippen LogP contribution in [0.4, 0.5) is 0 Å². The molecule has 2 heterocycles. The Morgan fingerprint density at radius 1 is 1.26 bits per heavy atom. The number of aliphatic carboxylic acids is 1. The second kappa shape index (κ2) is 11.0. The van der Waals surface area contributed by atoms with Gasteiger partial charge < -0.3 is 14.6 Å². The van der Waals surface area contributed by atoms with Crippen LogP contribution >= 0.6 is 0 Å². The molecule has 0 aromatic heterocycles. The third-order valence-corrected chi connectivity index (χ3v) is 6.63. The largest absolute Gasteiger partial charge is 0.494 e. The van der Waals surface area contributed by atoms with Crippen molar-refractivity contribution in [1.82, 2.24) is 10.4 Å². The fourth-order valence-corrected chi connectivity index (χ4v) is 4.84. The summed E-state index contributed by atoms with van der Waals surface area (Å²) < 4.78 is 19.8. The molecule has 1 aliphatic carbocycles. The summed E-state index contributed by atoms with van der Waals surface area (Å²) in [6.45, 7) is 4.28. The predicted octanol–water partition coefficient (Wildman–Crippen LogP) is 3.91. The Kier molecular flexibility index (Phi) is 7.35. The van der Waals surface area contributed by atoms with Gasteiger partial charge in [0.25, 0.3) is 5.91 Å². The van der Waals surface area contributed by atoms with Crippen molar-refractivity contribution in [2.45, 2.75) is 77.4 Å². The van der Waals surface area contributed by atoms with Crippen LogP contribution in [-0.2, 0) is 31.9 Å². The number of nitrogens with one attached hydrogen (secondary N) is 1. The summed E-state index contributed by atoms with van der Waals surface area (Å²) in [5.74, 6) is -1.88. The number of hydrogen-bond donors (Lipinski definition) is 2. The van der Waals surface area contributed by atoms with Gasteiger partial charge in [0, 0.05) is 18.4 Å². The fraction of sp³-hybridized carbons (Fsp3) is 0.519. The van der Waals surface area contributed by atoms with Gasteiger partial charge in [-0.15, -0.1) is 0 Å². The Morgan fingerprint density at radius 2 is 2.06 bits per heavy atom. The minimum absolute atomic E-state index is 0.0647. The topological polar surface area (TPSA) is 105 Å². The number of hydrogen-bond acceptors (Lipinski definition) is 5. The molecular weight excluding hydrogens is 448 g/mol. The summed E-state index contributed by atoms with van der Waals surface area (Å²) >= 11 is 0. The van der Waals surface area contributed by atoms with Crippen molar-refractivity contribution in [3.05, 3.63) is 58.6 Å². The number of aryl methyl sites for hydroxylation is 1.